The van der Waals surface area contributed by atoms with Crippen LogP contribution in [0.25, 0.3) is 16.9 Å². The predicted molar refractivity (Wildman–Crippen MR) is 113 cm³/mol. The van der Waals surface area contributed by atoms with Gasteiger partial charge in [0.25, 0.3) is 0 Å². The fourth-order valence-corrected chi connectivity index (χ4v) is 4.16. The van der Waals surface area contributed by atoms with Crippen molar-refractivity contribution in [1.82, 2.24) is 19.3 Å². The van der Waals surface area contributed by atoms with Crippen molar-refractivity contribution < 1.29 is 28.1 Å². The number of hydrogen-bond acceptors (Lipinski definition) is 8. The van der Waals surface area contributed by atoms with Crippen LogP contribution in [0.15, 0.2) is 59.6 Å². The van der Waals surface area contributed by atoms with Crippen LogP contribution in [0.3, 0.4) is 0 Å². The maximum absolute atomic E-state index is 14.2. The van der Waals surface area contributed by atoms with Crippen LogP contribution in [-0.2, 0) is 10.0 Å². The van der Waals surface area contributed by atoms with Gasteiger partial charge in [-0.05, 0) is 12.1 Å². The second kappa shape index (κ2) is 8.32. The topological polar surface area (TPSA) is 149 Å². The number of sulfonamides is 1. The first-order chi connectivity index (χ1) is 15.2. The maximum Gasteiger partial charge on any atom is 0.240 e. The molecule has 0 unspecified atom stereocenters. The molecule has 4 aromatic rings. The van der Waals surface area contributed by atoms with E-state index in [0.29, 0.717) is 17.1 Å². The number of aromatic hydroxyl groups is 3. The minimum absolute atomic E-state index is 0.0302. The van der Waals surface area contributed by atoms with Crippen LogP contribution >= 0.6 is 0 Å². The van der Waals surface area contributed by atoms with Gasteiger partial charge in [0.1, 0.15) is 23.1 Å². The van der Waals surface area contributed by atoms with Crippen molar-refractivity contribution in [2.24, 2.45) is 0 Å². The Bertz CT molecular complexity index is 1390. The molecule has 0 aliphatic heterocycles. The van der Waals surface area contributed by atoms with Gasteiger partial charge in [-0.15, -0.1) is 0 Å². The minimum Gasteiger partial charge on any atom is -0.508 e. The molecule has 32 heavy (non-hydrogen) atoms. The number of para-hydroxylation sites is 1. The Labute approximate surface area is 181 Å². The van der Waals surface area contributed by atoms with Gasteiger partial charge in [-0.3, -0.25) is 0 Å². The van der Waals surface area contributed by atoms with Gasteiger partial charge >= 0.3 is 0 Å². The van der Waals surface area contributed by atoms with Crippen LogP contribution in [0.4, 0.5) is 10.2 Å². The summed E-state index contributed by atoms with van der Waals surface area (Å²) in [6.45, 7) is 0.0169. The number of halogens is 1. The lowest BCUT2D eigenvalue weighted by Crippen LogP contribution is -2.29. The fourth-order valence-electron chi connectivity index (χ4n) is 3.07. The number of fused-ring (bicyclic) bond motifs is 1. The normalized spacial score (nSPS) is 11.7. The quantitative estimate of drug-likeness (QED) is 0.264. The third-order valence-electron chi connectivity index (χ3n) is 4.52. The molecule has 2 aromatic heterocycles. The molecule has 2 heterocycles. The highest BCUT2D eigenvalue weighted by molar-refractivity contribution is 7.89. The maximum atomic E-state index is 14.2. The van der Waals surface area contributed by atoms with Crippen LogP contribution in [0.2, 0.25) is 0 Å². The highest BCUT2D eigenvalue weighted by Crippen LogP contribution is 2.30. The van der Waals surface area contributed by atoms with Crippen LogP contribution in [0.5, 0.6) is 17.2 Å². The molecule has 0 fully saturated rings. The summed E-state index contributed by atoms with van der Waals surface area (Å²) in [4.78, 5) is 3.92. The first-order valence-corrected chi connectivity index (χ1v) is 10.8. The SMILES string of the molecule is O=S(=O)(NCCNc1cc(-c2ccccc2O)nc2c(F)cnn12)c1cc(O)cc(O)c1. The van der Waals surface area contributed by atoms with E-state index < -0.39 is 15.8 Å². The Kier molecular flexibility index (Phi) is 5.55. The number of anilines is 1. The standard InChI is InChI=1S/C20H18FN5O5S/c21-16-11-23-26-19(10-17(25-20(16)26)15-3-1-2-4-18(15)29)22-5-6-24-32(30,31)14-8-12(27)7-13(28)9-14/h1-4,7-11,22,24,27-29H,5-6H2. The van der Waals surface area contributed by atoms with Crippen LogP contribution in [-0.4, -0.2) is 51.4 Å². The van der Waals surface area contributed by atoms with E-state index in [1.807, 2.05) is 0 Å². The molecule has 0 aliphatic carbocycles. The summed E-state index contributed by atoms with van der Waals surface area (Å²) in [6, 6.07) is 11.0. The van der Waals surface area contributed by atoms with Crippen molar-refractivity contribution in [3.8, 4) is 28.5 Å². The van der Waals surface area contributed by atoms with Crippen molar-refractivity contribution in [3.63, 3.8) is 0 Å². The lowest BCUT2D eigenvalue weighted by molar-refractivity contribution is 0.447. The number of phenols is 3. The molecule has 0 atom stereocenters. The molecular weight excluding hydrogens is 441 g/mol. The van der Waals surface area contributed by atoms with Crippen LogP contribution < -0.4 is 10.0 Å². The van der Waals surface area contributed by atoms with E-state index in [1.54, 1.807) is 24.3 Å². The summed E-state index contributed by atoms with van der Waals surface area (Å²) in [5.41, 5.74) is 0.625. The monoisotopic (exact) mass is 459 g/mol. The molecule has 10 nitrogen and oxygen atoms in total. The third kappa shape index (κ3) is 4.26. The zero-order valence-electron chi connectivity index (χ0n) is 16.4. The van der Waals surface area contributed by atoms with Gasteiger partial charge in [0.05, 0.1) is 16.8 Å². The van der Waals surface area contributed by atoms with Gasteiger partial charge in [-0.2, -0.15) is 9.61 Å². The zero-order chi connectivity index (χ0) is 22.9. The largest absolute Gasteiger partial charge is 0.508 e. The summed E-state index contributed by atoms with van der Waals surface area (Å²) >= 11 is 0. The highest BCUT2D eigenvalue weighted by atomic mass is 32.2. The van der Waals surface area contributed by atoms with Crippen molar-refractivity contribution in [2.45, 2.75) is 4.90 Å². The number of benzene rings is 2. The molecule has 0 saturated carbocycles. The number of phenolic OH excluding ortho intramolecular Hbond substituents is 3. The molecule has 5 N–H and O–H groups in total. The molecule has 166 valence electrons. The summed E-state index contributed by atoms with van der Waals surface area (Å²) in [6.07, 6.45) is 0.999. The van der Waals surface area contributed by atoms with Gasteiger partial charge in [-0.25, -0.2) is 22.5 Å². The number of nitrogens with one attached hydrogen (secondary N) is 2. The van der Waals surface area contributed by atoms with E-state index in [0.717, 1.165) is 24.4 Å². The van der Waals surface area contributed by atoms with Gasteiger partial charge < -0.3 is 20.6 Å². The second-order valence-electron chi connectivity index (χ2n) is 6.78. The Balaban J connectivity index is 1.54. The molecule has 0 bridgehead atoms. The molecule has 0 saturated heterocycles. The van der Waals surface area contributed by atoms with E-state index >= 15 is 0 Å². The van der Waals surface area contributed by atoms with Crippen molar-refractivity contribution in [1.29, 1.82) is 0 Å². The van der Waals surface area contributed by atoms with Gasteiger partial charge in [0.15, 0.2) is 11.5 Å². The summed E-state index contributed by atoms with van der Waals surface area (Å²) in [5.74, 6) is -1.14. The smallest absolute Gasteiger partial charge is 0.240 e. The molecule has 2 aromatic carbocycles. The van der Waals surface area contributed by atoms with Crippen molar-refractivity contribution in [2.75, 3.05) is 18.4 Å². The summed E-state index contributed by atoms with van der Waals surface area (Å²) in [7, 11) is -3.99. The van der Waals surface area contributed by atoms with E-state index in [1.165, 1.54) is 10.6 Å². The molecule has 0 aliphatic rings. The summed E-state index contributed by atoms with van der Waals surface area (Å²) < 4.78 is 42.5. The van der Waals surface area contributed by atoms with Gasteiger partial charge in [0.2, 0.25) is 10.0 Å². The average molecular weight is 459 g/mol. The van der Waals surface area contributed by atoms with E-state index in [-0.39, 0.29) is 40.9 Å². The molecule has 12 heteroatoms. The zero-order valence-corrected chi connectivity index (χ0v) is 17.2. The van der Waals surface area contributed by atoms with E-state index in [2.05, 4.69) is 20.1 Å². The Hall–Kier alpha value is -3.90. The second-order valence-corrected chi connectivity index (χ2v) is 8.55. The van der Waals surface area contributed by atoms with Crippen LogP contribution in [0, 0.1) is 5.82 Å². The highest BCUT2D eigenvalue weighted by Gasteiger charge is 2.17. The van der Waals surface area contributed by atoms with Gasteiger partial charge in [-0.1, -0.05) is 12.1 Å². The molecule has 0 radical (unpaired) electrons. The number of rotatable bonds is 7. The fraction of sp³-hybridized carbons (Fsp3) is 0.100. The van der Waals surface area contributed by atoms with E-state index in [9.17, 15) is 28.1 Å². The number of nitrogens with zero attached hydrogens (tertiary/aromatic N) is 3. The van der Waals surface area contributed by atoms with Crippen molar-refractivity contribution >= 4 is 21.5 Å². The van der Waals surface area contributed by atoms with Gasteiger partial charge in [0, 0.05) is 42.9 Å². The van der Waals surface area contributed by atoms with Crippen LogP contribution in [0.1, 0.15) is 0 Å². The Morgan fingerprint density at radius 2 is 1.72 bits per heavy atom. The number of aromatic nitrogens is 3. The van der Waals surface area contributed by atoms with E-state index in [4.69, 9.17) is 0 Å². The molecular formula is C20H18FN5O5S. The number of hydrogen-bond donors (Lipinski definition) is 5. The summed E-state index contributed by atoms with van der Waals surface area (Å²) in [5, 5.41) is 36.0. The lowest BCUT2D eigenvalue weighted by atomic mass is 10.1. The Morgan fingerprint density at radius 3 is 2.44 bits per heavy atom. The van der Waals surface area contributed by atoms with Crippen molar-refractivity contribution in [3.05, 3.63) is 60.5 Å². The average Bonchev–Trinajstić information content (AvgIpc) is 3.12. The third-order valence-corrected chi connectivity index (χ3v) is 5.96. The Morgan fingerprint density at radius 1 is 1.00 bits per heavy atom. The minimum atomic E-state index is -3.99. The predicted octanol–water partition coefficient (Wildman–Crippen LogP) is 2.04. The first-order valence-electron chi connectivity index (χ1n) is 9.34. The molecule has 0 spiro atoms. The lowest BCUT2D eigenvalue weighted by Gasteiger charge is -2.12. The first kappa shape index (κ1) is 21.3. The molecule has 4 rings (SSSR count). The molecule has 0 amide bonds.